The maximum absolute atomic E-state index is 6.23. The largest absolute Gasteiger partial charge is 0.330 e. The van der Waals surface area contributed by atoms with Crippen molar-refractivity contribution in [2.75, 3.05) is 6.54 Å². The summed E-state index contributed by atoms with van der Waals surface area (Å²) < 4.78 is 0. The van der Waals surface area contributed by atoms with Gasteiger partial charge in [0.25, 0.3) is 0 Å². The SMILES string of the molecule is Cc1cccc(CC(CN)Cc2ccc(Cl)cc2Cl)c1. The molecule has 0 heterocycles. The van der Waals surface area contributed by atoms with Crippen LogP contribution in [-0.4, -0.2) is 6.54 Å². The lowest BCUT2D eigenvalue weighted by Crippen LogP contribution is -2.19. The zero-order valence-corrected chi connectivity index (χ0v) is 13.1. The molecule has 2 N–H and O–H groups in total. The molecule has 0 aliphatic heterocycles. The quantitative estimate of drug-likeness (QED) is 0.854. The van der Waals surface area contributed by atoms with E-state index < -0.39 is 0 Å². The van der Waals surface area contributed by atoms with Gasteiger partial charge in [0.2, 0.25) is 0 Å². The first-order valence-electron chi connectivity index (χ1n) is 6.78. The Bertz CT molecular complexity index is 581. The minimum atomic E-state index is 0.385. The van der Waals surface area contributed by atoms with E-state index in [0.29, 0.717) is 17.5 Å². The standard InChI is InChI=1S/C17H19Cl2N/c1-12-3-2-4-13(7-12)8-14(11-20)9-15-5-6-16(18)10-17(15)19/h2-7,10,14H,8-9,11,20H2,1H3. The molecular formula is C17H19Cl2N. The van der Waals surface area contributed by atoms with E-state index >= 15 is 0 Å². The van der Waals surface area contributed by atoms with E-state index in [1.165, 1.54) is 11.1 Å². The van der Waals surface area contributed by atoms with Crippen molar-refractivity contribution in [3.8, 4) is 0 Å². The average Bonchev–Trinajstić information content (AvgIpc) is 2.41. The van der Waals surface area contributed by atoms with Gasteiger partial charge in [0.1, 0.15) is 0 Å². The number of benzene rings is 2. The smallest absolute Gasteiger partial charge is 0.0452 e. The summed E-state index contributed by atoms with van der Waals surface area (Å²) in [6.45, 7) is 2.75. The zero-order chi connectivity index (χ0) is 14.5. The normalized spacial score (nSPS) is 12.4. The molecule has 0 spiro atoms. The van der Waals surface area contributed by atoms with Crippen LogP contribution in [0.2, 0.25) is 10.0 Å². The van der Waals surface area contributed by atoms with Crippen LogP contribution < -0.4 is 5.73 Å². The van der Waals surface area contributed by atoms with Crippen molar-refractivity contribution in [3.05, 3.63) is 69.2 Å². The number of aryl methyl sites for hydroxylation is 1. The van der Waals surface area contributed by atoms with Crippen molar-refractivity contribution >= 4 is 23.2 Å². The summed E-state index contributed by atoms with van der Waals surface area (Å²) in [5, 5.41) is 1.39. The van der Waals surface area contributed by atoms with Crippen molar-refractivity contribution in [3.63, 3.8) is 0 Å². The van der Waals surface area contributed by atoms with Crippen molar-refractivity contribution in [1.29, 1.82) is 0 Å². The van der Waals surface area contributed by atoms with Crippen molar-refractivity contribution in [1.82, 2.24) is 0 Å². The van der Waals surface area contributed by atoms with Gasteiger partial charge in [0.05, 0.1) is 0 Å². The molecule has 20 heavy (non-hydrogen) atoms. The molecular weight excluding hydrogens is 289 g/mol. The fourth-order valence-corrected chi connectivity index (χ4v) is 2.90. The summed E-state index contributed by atoms with van der Waals surface area (Å²) in [4.78, 5) is 0. The molecule has 0 saturated heterocycles. The second-order valence-corrected chi connectivity index (χ2v) is 6.08. The lowest BCUT2D eigenvalue weighted by atomic mass is 9.92. The number of rotatable bonds is 5. The molecule has 0 fully saturated rings. The van der Waals surface area contributed by atoms with Gasteiger partial charge in [-0.2, -0.15) is 0 Å². The third kappa shape index (κ3) is 4.24. The summed E-state index contributed by atoms with van der Waals surface area (Å²) in [6, 6.07) is 14.2. The van der Waals surface area contributed by atoms with Crippen LogP contribution in [0.25, 0.3) is 0 Å². The van der Waals surface area contributed by atoms with Crippen LogP contribution in [0.5, 0.6) is 0 Å². The zero-order valence-electron chi connectivity index (χ0n) is 11.6. The Balaban J connectivity index is 2.09. The van der Waals surface area contributed by atoms with Crippen LogP contribution in [0.4, 0.5) is 0 Å². The van der Waals surface area contributed by atoms with E-state index in [-0.39, 0.29) is 0 Å². The van der Waals surface area contributed by atoms with Crippen molar-refractivity contribution in [2.45, 2.75) is 19.8 Å². The van der Waals surface area contributed by atoms with Crippen molar-refractivity contribution < 1.29 is 0 Å². The summed E-state index contributed by atoms with van der Waals surface area (Å²) in [6.07, 6.45) is 1.84. The van der Waals surface area contributed by atoms with E-state index in [9.17, 15) is 0 Å². The third-order valence-electron chi connectivity index (χ3n) is 3.46. The Morgan fingerprint density at radius 1 is 1.05 bits per heavy atom. The third-order valence-corrected chi connectivity index (χ3v) is 4.05. The molecule has 2 aromatic carbocycles. The summed E-state index contributed by atoms with van der Waals surface area (Å²) >= 11 is 12.2. The Labute approximate surface area is 130 Å². The number of hydrogen-bond acceptors (Lipinski definition) is 1. The molecule has 0 aliphatic rings. The molecule has 2 rings (SSSR count). The number of hydrogen-bond donors (Lipinski definition) is 1. The van der Waals surface area contributed by atoms with Crippen LogP contribution in [0.1, 0.15) is 16.7 Å². The minimum absolute atomic E-state index is 0.385. The number of halogens is 2. The Kier molecular flexibility index (Phi) is 5.47. The summed E-state index contributed by atoms with van der Waals surface area (Å²) in [7, 11) is 0. The van der Waals surface area contributed by atoms with Crippen LogP contribution in [0, 0.1) is 12.8 Å². The van der Waals surface area contributed by atoms with Crippen LogP contribution in [0.3, 0.4) is 0 Å². The fraction of sp³-hybridized carbons (Fsp3) is 0.294. The molecule has 1 atom stereocenters. The molecule has 0 bridgehead atoms. The van der Waals surface area contributed by atoms with E-state index in [0.717, 1.165) is 23.4 Å². The van der Waals surface area contributed by atoms with Gasteiger partial charge in [0, 0.05) is 10.0 Å². The second kappa shape index (κ2) is 7.12. The molecule has 3 heteroatoms. The molecule has 1 nitrogen and oxygen atoms in total. The van der Waals surface area contributed by atoms with E-state index in [2.05, 4.69) is 31.2 Å². The highest BCUT2D eigenvalue weighted by atomic mass is 35.5. The summed E-state index contributed by atoms with van der Waals surface area (Å²) in [5.41, 5.74) is 9.63. The van der Waals surface area contributed by atoms with Gasteiger partial charge in [-0.3, -0.25) is 0 Å². The second-order valence-electron chi connectivity index (χ2n) is 5.23. The molecule has 106 valence electrons. The molecule has 1 unspecified atom stereocenters. The van der Waals surface area contributed by atoms with E-state index in [1.54, 1.807) is 6.07 Å². The van der Waals surface area contributed by atoms with E-state index in [1.807, 2.05) is 12.1 Å². The van der Waals surface area contributed by atoms with Crippen LogP contribution >= 0.6 is 23.2 Å². The molecule has 0 radical (unpaired) electrons. The maximum atomic E-state index is 6.23. The Hall–Kier alpha value is -1.02. The Morgan fingerprint density at radius 3 is 2.50 bits per heavy atom. The molecule has 0 aliphatic carbocycles. The summed E-state index contributed by atoms with van der Waals surface area (Å²) in [5.74, 6) is 0.385. The Morgan fingerprint density at radius 2 is 1.85 bits per heavy atom. The van der Waals surface area contributed by atoms with Gasteiger partial charge in [-0.25, -0.2) is 0 Å². The lowest BCUT2D eigenvalue weighted by molar-refractivity contribution is 0.533. The predicted octanol–water partition coefficient (Wildman–Crippen LogP) is 4.66. The fourth-order valence-electron chi connectivity index (χ4n) is 2.41. The highest BCUT2D eigenvalue weighted by Crippen LogP contribution is 2.24. The first kappa shape index (κ1) is 15.4. The van der Waals surface area contributed by atoms with Gasteiger partial charge in [-0.15, -0.1) is 0 Å². The van der Waals surface area contributed by atoms with Gasteiger partial charge in [-0.05, 0) is 55.5 Å². The highest BCUT2D eigenvalue weighted by Gasteiger charge is 2.11. The molecule has 0 aromatic heterocycles. The van der Waals surface area contributed by atoms with Gasteiger partial charge in [0.15, 0.2) is 0 Å². The lowest BCUT2D eigenvalue weighted by Gasteiger charge is -2.16. The molecule has 0 saturated carbocycles. The topological polar surface area (TPSA) is 26.0 Å². The van der Waals surface area contributed by atoms with Gasteiger partial charge in [-0.1, -0.05) is 59.1 Å². The predicted molar refractivity (Wildman–Crippen MR) is 87.6 cm³/mol. The van der Waals surface area contributed by atoms with E-state index in [4.69, 9.17) is 28.9 Å². The van der Waals surface area contributed by atoms with Gasteiger partial charge >= 0.3 is 0 Å². The number of nitrogens with two attached hydrogens (primary N) is 1. The maximum Gasteiger partial charge on any atom is 0.0452 e. The van der Waals surface area contributed by atoms with Crippen LogP contribution in [0.15, 0.2) is 42.5 Å². The van der Waals surface area contributed by atoms with Gasteiger partial charge < -0.3 is 5.73 Å². The average molecular weight is 308 g/mol. The first-order chi connectivity index (χ1) is 9.58. The van der Waals surface area contributed by atoms with Crippen LogP contribution in [-0.2, 0) is 12.8 Å². The van der Waals surface area contributed by atoms with Crippen molar-refractivity contribution in [2.24, 2.45) is 11.7 Å². The molecule has 2 aromatic rings. The minimum Gasteiger partial charge on any atom is -0.330 e. The first-order valence-corrected chi connectivity index (χ1v) is 7.53. The highest BCUT2D eigenvalue weighted by molar-refractivity contribution is 6.35. The molecule has 0 amide bonds. The monoisotopic (exact) mass is 307 g/mol.